The summed E-state index contributed by atoms with van der Waals surface area (Å²) < 4.78 is 0. The number of carbonyl (C=O) groups excluding carboxylic acids is 1. The van der Waals surface area contributed by atoms with Gasteiger partial charge in [-0.15, -0.1) is 35.3 Å². The first-order valence-corrected chi connectivity index (χ1v) is 8.69. The van der Waals surface area contributed by atoms with Gasteiger partial charge in [0.25, 0.3) is 0 Å². The lowest BCUT2D eigenvalue weighted by atomic mass is 10.3. The fraction of sp³-hybridized carbons (Fsp3) is 0.667. The minimum Gasteiger partial charge on any atom is -0.357 e. The van der Waals surface area contributed by atoms with Crippen LogP contribution in [-0.2, 0) is 11.3 Å². The maximum absolute atomic E-state index is 12.0. The quantitative estimate of drug-likeness (QED) is 0.360. The summed E-state index contributed by atoms with van der Waals surface area (Å²) >= 11 is 1.61. The molecule has 6 nitrogen and oxygen atoms in total. The number of aliphatic imine (C=N–C) groups is 1. The summed E-state index contributed by atoms with van der Waals surface area (Å²) in [6.07, 6.45) is 0.478. The highest BCUT2D eigenvalue weighted by Crippen LogP contribution is 2.12. The number of thiazole rings is 1. The lowest BCUT2D eigenvalue weighted by Gasteiger charge is -2.19. The fourth-order valence-electron chi connectivity index (χ4n) is 1.99. The van der Waals surface area contributed by atoms with E-state index in [9.17, 15) is 4.79 Å². The Morgan fingerprint density at radius 2 is 2.00 bits per heavy atom. The zero-order valence-electron chi connectivity index (χ0n) is 14.4. The van der Waals surface area contributed by atoms with Gasteiger partial charge in [-0.25, -0.2) is 9.98 Å². The molecule has 1 aromatic rings. The SMILES string of the molecule is CCNC(=NCc1scnc1C)NCCC(=O)N(CC)CC.I. The second kappa shape index (κ2) is 12.5. The maximum Gasteiger partial charge on any atom is 0.224 e. The normalized spacial score (nSPS) is 10.9. The Balaban J connectivity index is 0.00000484. The molecular formula is C15H28IN5OS. The smallest absolute Gasteiger partial charge is 0.224 e. The van der Waals surface area contributed by atoms with Crippen molar-refractivity contribution in [3.05, 3.63) is 16.1 Å². The van der Waals surface area contributed by atoms with Crippen molar-refractivity contribution in [2.75, 3.05) is 26.2 Å². The molecule has 0 unspecified atom stereocenters. The number of hydrogen-bond donors (Lipinski definition) is 2. The van der Waals surface area contributed by atoms with E-state index in [1.165, 1.54) is 0 Å². The zero-order valence-corrected chi connectivity index (χ0v) is 17.5. The average Bonchev–Trinajstić information content (AvgIpc) is 2.91. The van der Waals surface area contributed by atoms with Crippen LogP contribution in [0.25, 0.3) is 0 Å². The van der Waals surface area contributed by atoms with Crippen molar-refractivity contribution in [1.29, 1.82) is 0 Å². The van der Waals surface area contributed by atoms with E-state index in [0.29, 0.717) is 19.5 Å². The van der Waals surface area contributed by atoms with Gasteiger partial charge in [-0.05, 0) is 27.7 Å². The van der Waals surface area contributed by atoms with E-state index in [0.717, 1.165) is 36.2 Å². The first kappa shape index (κ1) is 22.1. The van der Waals surface area contributed by atoms with Crippen molar-refractivity contribution >= 4 is 47.2 Å². The van der Waals surface area contributed by atoms with Crippen LogP contribution in [0.3, 0.4) is 0 Å². The zero-order chi connectivity index (χ0) is 16.4. The van der Waals surface area contributed by atoms with Gasteiger partial charge in [0.15, 0.2) is 5.96 Å². The number of guanidine groups is 1. The molecule has 0 saturated heterocycles. The Labute approximate surface area is 160 Å². The molecule has 0 aliphatic carbocycles. The topological polar surface area (TPSA) is 69.6 Å². The molecule has 0 aromatic carbocycles. The number of nitrogens with one attached hydrogen (secondary N) is 2. The highest BCUT2D eigenvalue weighted by molar-refractivity contribution is 14.0. The van der Waals surface area contributed by atoms with Crippen LogP contribution in [0.4, 0.5) is 0 Å². The van der Waals surface area contributed by atoms with Crippen LogP contribution in [0.1, 0.15) is 37.8 Å². The van der Waals surface area contributed by atoms with Crippen LogP contribution in [0.2, 0.25) is 0 Å². The van der Waals surface area contributed by atoms with E-state index in [2.05, 4.69) is 20.6 Å². The molecule has 0 fully saturated rings. The Morgan fingerprint density at radius 3 is 2.52 bits per heavy atom. The number of aryl methyl sites for hydroxylation is 1. The van der Waals surface area contributed by atoms with Gasteiger partial charge < -0.3 is 15.5 Å². The lowest BCUT2D eigenvalue weighted by Crippen LogP contribution is -2.40. The van der Waals surface area contributed by atoms with Crippen molar-refractivity contribution in [1.82, 2.24) is 20.5 Å². The molecule has 0 bridgehead atoms. The maximum atomic E-state index is 12.0. The number of hydrogen-bond acceptors (Lipinski definition) is 4. The summed E-state index contributed by atoms with van der Waals surface area (Å²) in [6.45, 7) is 11.5. The number of nitrogens with zero attached hydrogens (tertiary/aromatic N) is 3. The standard InChI is InChI=1S/C15H27N5OS.HI/c1-5-16-15(18-10-13-12(4)19-11-22-13)17-9-8-14(21)20(6-2)7-3;/h11H,5-10H2,1-4H3,(H2,16,17,18);1H. The summed E-state index contributed by atoms with van der Waals surface area (Å²) in [7, 11) is 0. The summed E-state index contributed by atoms with van der Waals surface area (Å²) in [5, 5.41) is 6.41. The summed E-state index contributed by atoms with van der Waals surface area (Å²) in [5.41, 5.74) is 2.87. The highest BCUT2D eigenvalue weighted by Gasteiger charge is 2.09. The van der Waals surface area contributed by atoms with Gasteiger partial charge in [0.1, 0.15) is 0 Å². The Bertz CT molecular complexity index is 488. The number of carbonyl (C=O) groups is 1. The molecule has 23 heavy (non-hydrogen) atoms. The van der Waals surface area contributed by atoms with Crippen molar-refractivity contribution in [2.24, 2.45) is 4.99 Å². The third-order valence-corrected chi connectivity index (χ3v) is 4.24. The fourth-order valence-corrected chi connectivity index (χ4v) is 2.69. The molecular weight excluding hydrogens is 425 g/mol. The van der Waals surface area contributed by atoms with E-state index < -0.39 is 0 Å². The Kier molecular flexibility index (Phi) is 12.0. The largest absolute Gasteiger partial charge is 0.357 e. The first-order valence-electron chi connectivity index (χ1n) is 7.81. The summed E-state index contributed by atoms with van der Waals surface area (Å²) in [5.74, 6) is 0.911. The molecule has 0 saturated carbocycles. The number of halogens is 1. The van der Waals surface area contributed by atoms with E-state index in [1.54, 1.807) is 11.3 Å². The molecule has 1 heterocycles. The predicted octanol–water partition coefficient (Wildman–Crippen LogP) is 2.38. The molecule has 8 heteroatoms. The number of rotatable bonds is 8. The van der Waals surface area contributed by atoms with E-state index in [-0.39, 0.29) is 29.9 Å². The Hall–Kier alpha value is -0.900. The van der Waals surface area contributed by atoms with E-state index in [1.807, 2.05) is 38.1 Å². The second-order valence-electron chi connectivity index (χ2n) is 4.80. The van der Waals surface area contributed by atoms with Gasteiger partial charge in [-0.3, -0.25) is 4.79 Å². The molecule has 0 spiro atoms. The van der Waals surface area contributed by atoms with E-state index in [4.69, 9.17) is 0 Å². The van der Waals surface area contributed by atoms with Crippen LogP contribution < -0.4 is 10.6 Å². The van der Waals surface area contributed by atoms with Crippen molar-refractivity contribution in [3.8, 4) is 0 Å². The van der Waals surface area contributed by atoms with Crippen LogP contribution in [0.5, 0.6) is 0 Å². The number of amides is 1. The monoisotopic (exact) mass is 453 g/mol. The summed E-state index contributed by atoms with van der Waals surface area (Å²) in [6, 6.07) is 0. The summed E-state index contributed by atoms with van der Waals surface area (Å²) in [4.78, 5) is 23.7. The molecule has 0 radical (unpaired) electrons. The van der Waals surface area contributed by atoms with Crippen molar-refractivity contribution in [2.45, 2.75) is 40.7 Å². The molecule has 0 aliphatic rings. The van der Waals surface area contributed by atoms with Crippen molar-refractivity contribution < 1.29 is 4.79 Å². The van der Waals surface area contributed by atoms with Gasteiger partial charge in [0.2, 0.25) is 5.91 Å². The van der Waals surface area contributed by atoms with Crippen LogP contribution in [0.15, 0.2) is 10.5 Å². The second-order valence-corrected chi connectivity index (χ2v) is 5.74. The highest BCUT2D eigenvalue weighted by atomic mass is 127. The molecule has 1 aromatic heterocycles. The lowest BCUT2D eigenvalue weighted by molar-refractivity contribution is -0.130. The molecule has 2 N–H and O–H groups in total. The van der Waals surface area contributed by atoms with Gasteiger partial charge >= 0.3 is 0 Å². The van der Waals surface area contributed by atoms with Crippen molar-refractivity contribution in [3.63, 3.8) is 0 Å². The molecule has 0 aliphatic heterocycles. The van der Waals surface area contributed by atoms with E-state index >= 15 is 0 Å². The number of aromatic nitrogens is 1. The average molecular weight is 453 g/mol. The molecule has 0 atom stereocenters. The van der Waals surface area contributed by atoms with Crippen LogP contribution in [0, 0.1) is 6.92 Å². The third kappa shape index (κ3) is 7.96. The molecule has 1 amide bonds. The van der Waals surface area contributed by atoms with Gasteiger partial charge in [-0.1, -0.05) is 0 Å². The van der Waals surface area contributed by atoms with Gasteiger partial charge in [0.05, 0.1) is 17.7 Å². The van der Waals surface area contributed by atoms with Gasteiger partial charge in [0, 0.05) is 37.5 Å². The minimum atomic E-state index is 0. The Morgan fingerprint density at radius 1 is 1.30 bits per heavy atom. The predicted molar refractivity (Wildman–Crippen MR) is 108 cm³/mol. The van der Waals surface area contributed by atoms with Gasteiger partial charge in [-0.2, -0.15) is 0 Å². The molecule has 1 rings (SSSR count). The van der Waals surface area contributed by atoms with Crippen LogP contribution >= 0.6 is 35.3 Å². The third-order valence-electron chi connectivity index (χ3n) is 3.32. The molecule has 132 valence electrons. The minimum absolute atomic E-state index is 0. The first-order chi connectivity index (χ1) is 10.6. The van der Waals surface area contributed by atoms with Crippen LogP contribution in [-0.4, -0.2) is 47.9 Å².